The van der Waals surface area contributed by atoms with Crippen molar-refractivity contribution in [3.63, 3.8) is 0 Å². The Hall–Kier alpha value is -2.47. The predicted molar refractivity (Wildman–Crippen MR) is 137 cm³/mol. The Bertz CT molecular complexity index is 1340. The van der Waals surface area contributed by atoms with E-state index in [1.807, 2.05) is 18.2 Å². The van der Waals surface area contributed by atoms with E-state index in [1.54, 1.807) is 0 Å². The first-order valence-electron chi connectivity index (χ1n) is 12.0. The van der Waals surface area contributed by atoms with Crippen LogP contribution in [0.4, 0.5) is 0 Å². The summed E-state index contributed by atoms with van der Waals surface area (Å²) in [5, 5.41) is 9.80. The fourth-order valence-corrected chi connectivity index (χ4v) is 5.72. The van der Waals surface area contributed by atoms with E-state index in [1.165, 1.54) is 18.3 Å². The zero-order valence-corrected chi connectivity index (χ0v) is 22.0. The van der Waals surface area contributed by atoms with Crippen LogP contribution in [0, 0.1) is 35.5 Å². The van der Waals surface area contributed by atoms with Crippen molar-refractivity contribution in [3.8, 4) is 23.7 Å². The molecule has 2 aromatic rings. The quantitative estimate of drug-likeness (QED) is 0.398. The second kappa shape index (κ2) is 11.3. The maximum atomic E-state index is 12.9. The maximum absolute atomic E-state index is 12.9. The number of aliphatic hydroxyl groups excluding tert-OH is 1. The molecule has 1 amide bonds. The molecule has 1 saturated heterocycles. The second-order valence-electron chi connectivity index (χ2n) is 9.44. The Morgan fingerprint density at radius 1 is 1.36 bits per heavy atom. The number of aryl methyl sites for hydroxylation is 1. The molecule has 2 heterocycles. The number of thiazole rings is 1. The van der Waals surface area contributed by atoms with Gasteiger partial charge in [0.05, 0.1) is 15.2 Å². The van der Waals surface area contributed by atoms with E-state index in [0.29, 0.717) is 25.4 Å². The van der Waals surface area contributed by atoms with E-state index in [9.17, 15) is 13.2 Å². The van der Waals surface area contributed by atoms with E-state index in [2.05, 4.69) is 34.1 Å². The molecule has 4 rings (SSSR count). The summed E-state index contributed by atoms with van der Waals surface area (Å²) in [4.78, 5) is 22.8. The van der Waals surface area contributed by atoms with Gasteiger partial charge in [-0.1, -0.05) is 11.8 Å². The highest BCUT2D eigenvalue weighted by Gasteiger charge is 2.44. The summed E-state index contributed by atoms with van der Waals surface area (Å²) >= 11 is 1.45. The molecule has 0 bridgehead atoms. The van der Waals surface area contributed by atoms with Gasteiger partial charge in [0.15, 0.2) is 16.1 Å². The van der Waals surface area contributed by atoms with Gasteiger partial charge in [-0.3, -0.25) is 4.79 Å². The summed E-state index contributed by atoms with van der Waals surface area (Å²) in [5.74, 6) is 11.6. The SMILES string of the molecule is CC(CCc1nc2ccc(C#CC#C[C@H]3C[C@@H]3CO)cc2s1)(C(=O)NOC1CCCCO1)S(C)(=O)=O. The number of hydroxylamine groups is 1. The number of amides is 1. The number of fused-ring (bicyclic) bond motifs is 1. The van der Waals surface area contributed by atoms with Gasteiger partial charge in [0.1, 0.15) is 4.75 Å². The molecule has 1 aliphatic heterocycles. The molecule has 1 aromatic heterocycles. The number of carbonyl (C=O) groups is 1. The molecule has 192 valence electrons. The molecule has 8 nitrogen and oxygen atoms in total. The molecule has 0 spiro atoms. The van der Waals surface area contributed by atoms with E-state index in [0.717, 1.165) is 46.3 Å². The average molecular weight is 531 g/mol. The minimum Gasteiger partial charge on any atom is -0.396 e. The minimum atomic E-state index is -3.74. The van der Waals surface area contributed by atoms with Crippen LogP contribution in [0.1, 0.15) is 49.6 Å². The van der Waals surface area contributed by atoms with Gasteiger partial charge in [-0.25, -0.2) is 23.7 Å². The zero-order valence-electron chi connectivity index (χ0n) is 20.4. The number of sulfone groups is 1. The average Bonchev–Trinajstić information content (AvgIpc) is 3.51. The van der Waals surface area contributed by atoms with Gasteiger partial charge in [0.2, 0.25) is 0 Å². The van der Waals surface area contributed by atoms with Gasteiger partial charge in [-0.05, 0) is 68.6 Å². The smallest absolute Gasteiger partial charge is 0.264 e. The second-order valence-corrected chi connectivity index (χ2v) is 13.0. The molecule has 36 heavy (non-hydrogen) atoms. The van der Waals surface area contributed by atoms with Crippen molar-refractivity contribution >= 4 is 37.3 Å². The largest absolute Gasteiger partial charge is 0.396 e. The van der Waals surface area contributed by atoms with Crippen molar-refractivity contribution in [2.75, 3.05) is 19.5 Å². The monoisotopic (exact) mass is 530 g/mol. The third-order valence-electron chi connectivity index (χ3n) is 6.65. The van der Waals surface area contributed by atoms with Gasteiger partial charge >= 0.3 is 0 Å². The lowest BCUT2D eigenvalue weighted by molar-refractivity contribution is -0.201. The summed E-state index contributed by atoms with van der Waals surface area (Å²) in [6, 6.07) is 5.67. The Morgan fingerprint density at radius 3 is 2.89 bits per heavy atom. The molecule has 2 N–H and O–H groups in total. The minimum absolute atomic E-state index is 0.0601. The number of nitrogens with zero attached hydrogens (tertiary/aromatic N) is 1. The molecule has 1 aromatic carbocycles. The van der Waals surface area contributed by atoms with E-state index in [-0.39, 0.29) is 18.9 Å². The summed E-state index contributed by atoms with van der Waals surface area (Å²) in [7, 11) is -3.74. The summed E-state index contributed by atoms with van der Waals surface area (Å²) in [6.07, 6.45) is 4.31. The maximum Gasteiger partial charge on any atom is 0.264 e. The summed E-state index contributed by atoms with van der Waals surface area (Å²) < 4.78 is 29.9. The molecular weight excluding hydrogens is 500 g/mol. The van der Waals surface area contributed by atoms with Crippen LogP contribution in [-0.4, -0.2) is 54.9 Å². The highest BCUT2D eigenvalue weighted by Crippen LogP contribution is 2.36. The van der Waals surface area contributed by atoms with Crippen molar-refractivity contribution in [1.82, 2.24) is 10.5 Å². The molecule has 2 aliphatic rings. The first-order chi connectivity index (χ1) is 17.2. The lowest BCUT2D eigenvalue weighted by Crippen LogP contribution is -2.51. The molecular formula is C26H30N2O6S2. The van der Waals surface area contributed by atoms with Gasteiger partial charge in [0, 0.05) is 43.8 Å². The Morgan fingerprint density at radius 2 is 2.19 bits per heavy atom. The van der Waals surface area contributed by atoms with Crippen molar-refractivity contribution in [1.29, 1.82) is 0 Å². The molecule has 10 heteroatoms. The van der Waals surface area contributed by atoms with Crippen molar-refractivity contribution < 1.29 is 27.9 Å². The van der Waals surface area contributed by atoms with Crippen molar-refractivity contribution in [3.05, 3.63) is 28.8 Å². The molecule has 4 atom stereocenters. The molecule has 0 radical (unpaired) electrons. The van der Waals surface area contributed by atoms with E-state index in [4.69, 9.17) is 14.7 Å². The number of carbonyl (C=O) groups excluding carboxylic acids is 1. The number of benzene rings is 1. The number of hydrogen-bond donors (Lipinski definition) is 2. The van der Waals surface area contributed by atoms with Crippen LogP contribution in [0.3, 0.4) is 0 Å². The molecule has 2 fully saturated rings. The fraction of sp³-hybridized carbons (Fsp3) is 0.538. The molecule has 2 unspecified atom stereocenters. The Labute approximate surface area is 215 Å². The lowest BCUT2D eigenvalue weighted by Gasteiger charge is -2.28. The lowest BCUT2D eigenvalue weighted by atomic mass is 10.0. The van der Waals surface area contributed by atoms with Crippen molar-refractivity contribution in [2.45, 2.75) is 56.5 Å². The summed E-state index contributed by atoms with van der Waals surface area (Å²) in [5.41, 5.74) is 3.91. The predicted octanol–water partition coefficient (Wildman–Crippen LogP) is 2.59. The van der Waals surface area contributed by atoms with Crippen LogP contribution in [0.5, 0.6) is 0 Å². The van der Waals surface area contributed by atoms with Gasteiger partial charge in [-0.2, -0.15) is 0 Å². The highest BCUT2D eigenvalue weighted by molar-refractivity contribution is 7.92. The highest BCUT2D eigenvalue weighted by atomic mass is 32.2. The number of aromatic nitrogens is 1. The summed E-state index contributed by atoms with van der Waals surface area (Å²) in [6.45, 7) is 2.14. The van der Waals surface area contributed by atoms with Crippen LogP contribution in [0.25, 0.3) is 10.2 Å². The number of rotatable bonds is 8. The fourth-order valence-electron chi connectivity index (χ4n) is 3.86. The van der Waals surface area contributed by atoms with Crippen molar-refractivity contribution in [2.24, 2.45) is 11.8 Å². The Kier molecular flexibility index (Phi) is 8.34. The first-order valence-corrected chi connectivity index (χ1v) is 14.7. The van der Waals surface area contributed by atoms with Crippen LogP contribution in [-0.2, 0) is 30.6 Å². The first kappa shape index (κ1) is 26.6. The Balaban J connectivity index is 1.40. The molecule has 1 saturated carbocycles. The topological polar surface area (TPSA) is 115 Å². The normalized spacial score (nSPS) is 23.0. The van der Waals surface area contributed by atoms with Crippen LogP contribution in [0.15, 0.2) is 18.2 Å². The van der Waals surface area contributed by atoms with Gasteiger partial charge in [-0.15, -0.1) is 11.3 Å². The van der Waals surface area contributed by atoms with E-state index >= 15 is 0 Å². The number of ether oxygens (including phenoxy) is 1. The van der Waals surface area contributed by atoms with E-state index < -0.39 is 26.8 Å². The third-order valence-corrected chi connectivity index (χ3v) is 9.76. The number of hydrogen-bond acceptors (Lipinski definition) is 8. The van der Waals surface area contributed by atoms with Crippen LogP contribution >= 0.6 is 11.3 Å². The van der Waals surface area contributed by atoms with Gasteiger partial charge < -0.3 is 9.84 Å². The zero-order chi connectivity index (χ0) is 25.8. The number of nitrogens with one attached hydrogen (secondary N) is 1. The van der Waals surface area contributed by atoms with Crippen LogP contribution in [0.2, 0.25) is 0 Å². The third kappa shape index (κ3) is 6.44. The molecule has 1 aliphatic carbocycles. The van der Waals surface area contributed by atoms with Gasteiger partial charge in [0.25, 0.3) is 5.91 Å². The standard InChI is InChI=1S/C26H30N2O6S2/c1-26(36(2,31)32,25(30)28-34-24-9-5-6-14-33-24)13-12-23-27-21-11-10-18(15-22(21)35-23)7-3-4-8-19-16-20(19)17-29/h10-11,15,19-20,24,29H,5-6,9,12-14,16-17H2,1-2H3,(H,28,30)/t19-,20+,24?,26?/m0/s1. The number of aliphatic hydroxyl groups is 1. The van der Waals surface area contributed by atoms with Crippen LogP contribution < -0.4 is 5.48 Å².